The highest BCUT2D eigenvalue weighted by Crippen LogP contribution is 2.34. The van der Waals surface area contributed by atoms with Crippen molar-refractivity contribution in [3.05, 3.63) is 47.5 Å². The van der Waals surface area contributed by atoms with Crippen molar-refractivity contribution in [2.75, 3.05) is 0 Å². The molecule has 138 valence electrons. The van der Waals surface area contributed by atoms with Gasteiger partial charge < -0.3 is 25.2 Å². The zero-order chi connectivity index (χ0) is 19.0. The summed E-state index contributed by atoms with van der Waals surface area (Å²) in [7, 11) is 0. The molecule has 0 aromatic rings. The Morgan fingerprint density at radius 1 is 1.44 bits per heavy atom. The molecule has 0 radical (unpaired) electrons. The average molecular weight is 350 g/mol. The number of ketones is 1. The Labute approximate surface area is 147 Å². The maximum Gasteiger partial charge on any atom is 0.190 e. The van der Waals surface area contributed by atoms with Crippen molar-refractivity contribution in [3.63, 3.8) is 0 Å². The van der Waals surface area contributed by atoms with Gasteiger partial charge >= 0.3 is 0 Å². The third-order valence-electron chi connectivity index (χ3n) is 4.93. The van der Waals surface area contributed by atoms with Crippen LogP contribution in [0.3, 0.4) is 0 Å². The molecule has 0 aromatic carbocycles. The van der Waals surface area contributed by atoms with Crippen molar-refractivity contribution in [1.29, 1.82) is 0 Å². The van der Waals surface area contributed by atoms with Gasteiger partial charge in [0, 0.05) is 5.57 Å². The van der Waals surface area contributed by atoms with Crippen LogP contribution < -0.4 is 0 Å². The van der Waals surface area contributed by atoms with E-state index in [0.29, 0.717) is 16.9 Å². The number of aliphatic hydroxyl groups excluding tert-OH is 2. The summed E-state index contributed by atoms with van der Waals surface area (Å²) in [5.74, 6) is -0.329. The summed E-state index contributed by atoms with van der Waals surface area (Å²) in [6.07, 6.45) is 5.42. The Hall–Kier alpha value is -1.73. The molecular weight excluding hydrogens is 324 g/mol. The minimum absolute atomic E-state index is 0.0801. The highest BCUT2D eigenvalue weighted by molar-refractivity contribution is 6.01. The van der Waals surface area contributed by atoms with Crippen LogP contribution in [0.4, 0.5) is 0 Å². The van der Waals surface area contributed by atoms with Crippen molar-refractivity contribution in [1.82, 2.24) is 0 Å². The van der Waals surface area contributed by atoms with Gasteiger partial charge in [0.2, 0.25) is 0 Å². The van der Waals surface area contributed by atoms with Gasteiger partial charge in [-0.3, -0.25) is 4.79 Å². The molecule has 4 N–H and O–H groups in total. The summed E-state index contributed by atoms with van der Waals surface area (Å²) in [6.45, 7) is 6.54. The first-order valence-corrected chi connectivity index (χ1v) is 8.35. The Morgan fingerprint density at radius 3 is 2.68 bits per heavy atom. The van der Waals surface area contributed by atoms with E-state index in [9.17, 15) is 25.2 Å². The first-order chi connectivity index (χ1) is 11.5. The van der Waals surface area contributed by atoms with E-state index < -0.39 is 29.2 Å². The van der Waals surface area contributed by atoms with E-state index in [0.717, 1.165) is 6.42 Å². The molecule has 2 rings (SSSR count). The quantitative estimate of drug-likeness (QED) is 0.592. The Bertz CT molecular complexity index is 665. The Kier molecular flexibility index (Phi) is 5.39. The maximum atomic E-state index is 11.9. The van der Waals surface area contributed by atoms with Crippen LogP contribution in [0.1, 0.15) is 34.1 Å². The van der Waals surface area contributed by atoms with Crippen LogP contribution in [0.5, 0.6) is 0 Å². The predicted octanol–water partition coefficient (Wildman–Crippen LogP) is 1.12. The fraction of sp³-hybridized carbons (Fsp3) is 0.526. The van der Waals surface area contributed by atoms with E-state index in [1.807, 2.05) is 13.8 Å². The number of carbonyl (C=O) groups is 1. The van der Waals surface area contributed by atoms with Crippen LogP contribution in [-0.2, 0) is 9.53 Å². The van der Waals surface area contributed by atoms with Crippen LogP contribution >= 0.6 is 0 Å². The summed E-state index contributed by atoms with van der Waals surface area (Å²) in [5.41, 5.74) is -2.57. The number of carbonyl (C=O) groups excluding carboxylic acids is 1. The zero-order valence-electron chi connectivity index (χ0n) is 14.9. The van der Waals surface area contributed by atoms with Crippen molar-refractivity contribution in [2.45, 2.75) is 57.5 Å². The number of hydrogen-bond acceptors (Lipinski definition) is 6. The van der Waals surface area contributed by atoms with Crippen molar-refractivity contribution in [3.8, 4) is 0 Å². The van der Waals surface area contributed by atoms with Gasteiger partial charge in [-0.2, -0.15) is 0 Å². The van der Waals surface area contributed by atoms with Crippen LogP contribution in [0.2, 0.25) is 0 Å². The molecule has 1 aliphatic carbocycles. The lowest BCUT2D eigenvalue weighted by Gasteiger charge is -2.34. The topological polar surface area (TPSA) is 107 Å². The fourth-order valence-electron chi connectivity index (χ4n) is 2.78. The van der Waals surface area contributed by atoms with Crippen molar-refractivity contribution in [2.24, 2.45) is 5.92 Å². The van der Waals surface area contributed by atoms with Crippen molar-refractivity contribution >= 4 is 5.78 Å². The molecule has 0 fully saturated rings. The molecule has 0 amide bonds. The van der Waals surface area contributed by atoms with Crippen LogP contribution in [0.25, 0.3) is 0 Å². The second-order valence-electron chi connectivity index (χ2n) is 7.14. The first kappa shape index (κ1) is 19.6. The van der Waals surface area contributed by atoms with Crippen LogP contribution in [0.15, 0.2) is 47.5 Å². The lowest BCUT2D eigenvalue weighted by Crippen LogP contribution is -2.50. The summed E-state index contributed by atoms with van der Waals surface area (Å²) >= 11 is 0. The molecule has 25 heavy (non-hydrogen) atoms. The second kappa shape index (κ2) is 6.88. The monoisotopic (exact) mass is 350 g/mol. The molecule has 0 aromatic heterocycles. The summed E-state index contributed by atoms with van der Waals surface area (Å²) in [6, 6.07) is 0. The van der Waals surface area contributed by atoms with E-state index in [4.69, 9.17) is 4.74 Å². The highest BCUT2D eigenvalue weighted by Gasteiger charge is 2.44. The summed E-state index contributed by atoms with van der Waals surface area (Å²) < 4.78 is 5.40. The molecular formula is C19H26O6. The van der Waals surface area contributed by atoms with Gasteiger partial charge in [-0.15, -0.1) is 0 Å². The summed E-state index contributed by atoms with van der Waals surface area (Å²) in [5, 5.41) is 40.8. The third kappa shape index (κ3) is 3.77. The maximum absolute atomic E-state index is 11.9. The van der Waals surface area contributed by atoms with Gasteiger partial charge in [0.05, 0.1) is 12.4 Å². The number of rotatable bonds is 5. The minimum Gasteiger partial charge on any atom is -0.465 e. The molecule has 0 saturated carbocycles. The Balaban J connectivity index is 2.22. The minimum atomic E-state index is -1.88. The van der Waals surface area contributed by atoms with Crippen LogP contribution in [-0.4, -0.2) is 49.6 Å². The molecule has 2 aliphatic rings. The van der Waals surface area contributed by atoms with E-state index in [1.54, 1.807) is 0 Å². The zero-order valence-corrected chi connectivity index (χ0v) is 14.9. The average Bonchev–Trinajstić information content (AvgIpc) is 2.57. The van der Waals surface area contributed by atoms with Gasteiger partial charge in [0.25, 0.3) is 0 Å². The van der Waals surface area contributed by atoms with Crippen molar-refractivity contribution < 1.29 is 30.0 Å². The molecule has 6 heteroatoms. The lowest BCUT2D eigenvalue weighted by atomic mass is 9.79. The molecule has 0 spiro atoms. The highest BCUT2D eigenvalue weighted by atomic mass is 16.5. The summed E-state index contributed by atoms with van der Waals surface area (Å²) in [4.78, 5) is 11.9. The lowest BCUT2D eigenvalue weighted by molar-refractivity contribution is -0.140. The standard InChI is InChI=1S/C19H26O6/c1-5-11(2)16(21)18(3,23)7-6-13-8-12-9-15(20)19(4,24)17(22)14(12)10-25-13/h6-11,16-17,21-24H,5H2,1-4H3/b7-6+/t11-,16+,17+,18+,19-/m1/s1. The van der Waals surface area contributed by atoms with E-state index in [2.05, 4.69) is 0 Å². The molecule has 6 nitrogen and oxygen atoms in total. The van der Waals surface area contributed by atoms with E-state index in [-0.39, 0.29) is 5.92 Å². The molecule has 1 heterocycles. The van der Waals surface area contributed by atoms with Gasteiger partial charge in [0.15, 0.2) is 11.4 Å². The number of allylic oxidation sites excluding steroid dienone is 2. The van der Waals surface area contributed by atoms with Crippen LogP contribution in [0, 0.1) is 5.92 Å². The normalized spacial score (nSPS) is 31.3. The van der Waals surface area contributed by atoms with E-state index in [1.165, 1.54) is 44.4 Å². The first-order valence-electron chi connectivity index (χ1n) is 8.35. The molecule has 0 saturated heterocycles. The number of fused-ring (bicyclic) bond motifs is 1. The third-order valence-corrected chi connectivity index (χ3v) is 4.93. The van der Waals surface area contributed by atoms with Gasteiger partial charge in [-0.1, -0.05) is 20.3 Å². The number of hydrogen-bond donors (Lipinski definition) is 4. The molecule has 0 bridgehead atoms. The van der Waals surface area contributed by atoms with Gasteiger partial charge in [0.1, 0.15) is 17.5 Å². The van der Waals surface area contributed by atoms with Gasteiger partial charge in [-0.05, 0) is 49.6 Å². The SMILES string of the molecule is CC[C@@H](C)[C@H](O)[C@@](C)(O)/C=C/C1=CC2=CC(=O)[C@@](C)(O)[C@@H](O)C2=CO1. The number of aliphatic hydroxyl groups is 4. The fourth-order valence-corrected chi connectivity index (χ4v) is 2.78. The van der Waals surface area contributed by atoms with E-state index >= 15 is 0 Å². The molecule has 1 aliphatic heterocycles. The molecule has 5 atom stereocenters. The Morgan fingerprint density at radius 2 is 2.08 bits per heavy atom. The van der Waals surface area contributed by atoms with Gasteiger partial charge in [-0.25, -0.2) is 0 Å². The number of ether oxygens (including phenoxy) is 1. The largest absolute Gasteiger partial charge is 0.465 e. The second-order valence-corrected chi connectivity index (χ2v) is 7.14. The smallest absolute Gasteiger partial charge is 0.190 e. The predicted molar refractivity (Wildman–Crippen MR) is 92.2 cm³/mol. The molecule has 0 unspecified atom stereocenters.